The molecule has 0 radical (unpaired) electrons. The Bertz CT molecular complexity index is 376. The van der Waals surface area contributed by atoms with Crippen LogP contribution in [0.15, 0.2) is 12.2 Å². The Kier molecular flexibility index (Phi) is 3.10. The average Bonchev–Trinajstić information content (AvgIpc) is 2.99. The monoisotopic (exact) mass is 250 g/mol. The second kappa shape index (κ2) is 4.75. The molecular weight excluding hydrogens is 232 g/mol. The largest absolute Gasteiger partial charge is 0.465 e. The van der Waals surface area contributed by atoms with Crippen LogP contribution in [0.1, 0.15) is 25.7 Å². The van der Waals surface area contributed by atoms with Crippen LogP contribution in [0.5, 0.6) is 0 Å². The van der Waals surface area contributed by atoms with Gasteiger partial charge in [0.25, 0.3) is 6.47 Å². The predicted octanol–water partition coefficient (Wildman–Crippen LogP) is 1.69. The van der Waals surface area contributed by atoms with Crippen molar-refractivity contribution in [3.63, 3.8) is 0 Å². The van der Waals surface area contributed by atoms with Gasteiger partial charge < -0.3 is 9.47 Å². The second-order valence-corrected chi connectivity index (χ2v) is 5.56. The molecule has 5 unspecified atom stereocenters. The number of allylic oxidation sites excluding steroid dienone is 2. The van der Waals surface area contributed by atoms with Crippen LogP contribution in [0, 0.1) is 23.7 Å². The van der Waals surface area contributed by atoms with Gasteiger partial charge in [-0.3, -0.25) is 9.59 Å². The van der Waals surface area contributed by atoms with E-state index in [1.54, 1.807) is 0 Å². The normalized spacial score (nSPS) is 39.4. The number of rotatable bonds is 4. The van der Waals surface area contributed by atoms with Crippen molar-refractivity contribution < 1.29 is 19.1 Å². The van der Waals surface area contributed by atoms with Gasteiger partial charge in [0.05, 0.1) is 12.5 Å². The molecule has 2 fully saturated rings. The van der Waals surface area contributed by atoms with Gasteiger partial charge in [-0.05, 0) is 37.5 Å². The molecule has 0 aromatic heterocycles. The SMILES string of the molecule is O=COC(C1CCCOC1=O)C1CC2C=CC1C2. The van der Waals surface area contributed by atoms with Gasteiger partial charge in [-0.25, -0.2) is 0 Å². The molecular formula is C14H18O4. The van der Waals surface area contributed by atoms with Crippen molar-refractivity contribution in [3.8, 4) is 0 Å². The maximum Gasteiger partial charge on any atom is 0.312 e. The molecule has 2 bridgehead atoms. The third kappa shape index (κ3) is 1.93. The predicted molar refractivity (Wildman–Crippen MR) is 63.5 cm³/mol. The molecule has 2 aliphatic carbocycles. The van der Waals surface area contributed by atoms with E-state index in [1.807, 2.05) is 0 Å². The van der Waals surface area contributed by atoms with Crippen LogP contribution < -0.4 is 0 Å². The van der Waals surface area contributed by atoms with Crippen molar-refractivity contribution in [2.75, 3.05) is 6.61 Å². The molecule has 0 N–H and O–H groups in total. The second-order valence-electron chi connectivity index (χ2n) is 5.56. The molecule has 1 heterocycles. The van der Waals surface area contributed by atoms with Crippen LogP contribution in [0.4, 0.5) is 0 Å². The number of esters is 1. The first-order valence-corrected chi connectivity index (χ1v) is 6.73. The molecule has 98 valence electrons. The highest BCUT2D eigenvalue weighted by Crippen LogP contribution is 2.47. The summed E-state index contributed by atoms with van der Waals surface area (Å²) in [5, 5.41) is 0. The summed E-state index contributed by atoms with van der Waals surface area (Å²) in [6.07, 6.45) is 7.98. The van der Waals surface area contributed by atoms with E-state index in [0.717, 1.165) is 25.7 Å². The van der Waals surface area contributed by atoms with E-state index in [4.69, 9.17) is 9.47 Å². The van der Waals surface area contributed by atoms with E-state index in [-0.39, 0.29) is 18.0 Å². The number of cyclic esters (lactones) is 1. The molecule has 0 aromatic rings. The highest BCUT2D eigenvalue weighted by atomic mass is 16.5. The first kappa shape index (κ1) is 11.8. The molecule has 1 aliphatic heterocycles. The van der Waals surface area contributed by atoms with Crippen LogP contribution >= 0.6 is 0 Å². The van der Waals surface area contributed by atoms with Gasteiger partial charge in [0.15, 0.2) is 0 Å². The maximum absolute atomic E-state index is 11.8. The lowest BCUT2D eigenvalue weighted by Gasteiger charge is -2.33. The summed E-state index contributed by atoms with van der Waals surface area (Å²) < 4.78 is 10.4. The Morgan fingerprint density at radius 1 is 1.39 bits per heavy atom. The zero-order chi connectivity index (χ0) is 12.5. The molecule has 0 aromatic carbocycles. The Hall–Kier alpha value is -1.32. The third-order valence-electron chi connectivity index (χ3n) is 4.57. The topological polar surface area (TPSA) is 52.6 Å². The maximum atomic E-state index is 11.8. The van der Waals surface area contributed by atoms with Crippen LogP contribution in [-0.2, 0) is 19.1 Å². The number of carbonyl (C=O) groups excluding carboxylic acids is 2. The fourth-order valence-electron chi connectivity index (χ4n) is 3.76. The first-order valence-electron chi connectivity index (χ1n) is 6.73. The van der Waals surface area contributed by atoms with Crippen LogP contribution in [-0.4, -0.2) is 25.2 Å². The third-order valence-corrected chi connectivity index (χ3v) is 4.57. The van der Waals surface area contributed by atoms with Crippen molar-refractivity contribution in [2.45, 2.75) is 31.8 Å². The van der Waals surface area contributed by atoms with Gasteiger partial charge in [-0.2, -0.15) is 0 Å². The number of carbonyl (C=O) groups is 2. The highest BCUT2D eigenvalue weighted by Gasteiger charge is 2.46. The number of ether oxygens (including phenoxy) is 2. The summed E-state index contributed by atoms with van der Waals surface area (Å²) in [5.41, 5.74) is 0. The van der Waals surface area contributed by atoms with E-state index in [2.05, 4.69) is 12.2 Å². The minimum atomic E-state index is -0.296. The standard InChI is InChI=1S/C14H18O4/c15-8-18-13(11-2-1-5-17-14(11)16)12-7-9-3-4-10(12)6-9/h3-4,8-13H,1-2,5-7H2. The van der Waals surface area contributed by atoms with Gasteiger partial charge in [0.1, 0.15) is 6.10 Å². The number of hydrogen-bond donors (Lipinski definition) is 0. The Balaban J connectivity index is 1.77. The van der Waals surface area contributed by atoms with Crippen LogP contribution in [0.3, 0.4) is 0 Å². The van der Waals surface area contributed by atoms with Crippen molar-refractivity contribution >= 4 is 12.4 Å². The van der Waals surface area contributed by atoms with E-state index >= 15 is 0 Å². The van der Waals surface area contributed by atoms with Crippen molar-refractivity contribution in [3.05, 3.63) is 12.2 Å². The average molecular weight is 250 g/mol. The molecule has 0 amide bonds. The lowest BCUT2D eigenvalue weighted by Crippen LogP contribution is -2.41. The number of fused-ring (bicyclic) bond motifs is 2. The van der Waals surface area contributed by atoms with Crippen LogP contribution in [0.25, 0.3) is 0 Å². The molecule has 5 atom stereocenters. The summed E-state index contributed by atoms with van der Waals surface area (Å²) in [5.74, 6) is 0.912. The van der Waals surface area contributed by atoms with Crippen molar-refractivity contribution in [2.24, 2.45) is 23.7 Å². The summed E-state index contributed by atoms with van der Waals surface area (Å²) in [6, 6.07) is 0. The van der Waals surface area contributed by atoms with Crippen molar-refractivity contribution in [1.29, 1.82) is 0 Å². The molecule has 1 saturated heterocycles. The van der Waals surface area contributed by atoms with E-state index in [0.29, 0.717) is 30.8 Å². The van der Waals surface area contributed by atoms with Crippen molar-refractivity contribution in [1.82, 2.24) is 0 Å². The Morgan fingerprint density at radius 3 is 2.89 bits per heavy atom. The van der Waals surface area contributed by atoms with E-state index < -0.39 is 0 Å². The van der Waals surface area contributed by atoms with Gasteiger partial charge in [-0.1, -0.05) is 12.2 Å². The van der Waals surface area contributed by atoms with Gasteiger partial charge in [0.2, 0.25) is 0 Å². The number of hydrogen-bond acceptors (Lipinski definition) is 4. The fraction of sp³-hybridized carbons (Fsp3) is 0.714. The molecule has 18 heavy (non-hydrogen) atoms. The summed E-state index contributed by atoms with van der Waals surface area (Å²) >= 11 is 0. The quantitative estimate of drug-likeness (QED) is 0.433. The Morgan fingerprint density at radius 2 is 2.28 bits per heavy atom. The van der Waals surface area contributed by atoms with Gasteiger partial charge in [-0.15, -0.1) is 0 Å². The van der Waals surface area contributed by atoms with Gasteiger partial charge >= 0.3 is 5.97 Å². The molecule has 4 heteroatoms. The molecule has 0 spiro atoms. The van der Waals surface area contributed by atoms with Gasteiger partial charge in [0, 0.05) is 5.92 Å². The summed E-state index contributed by atoms with van der Waals surface area (Å²) in [4.78, 5) is 22.6. The minimum absolute atomic E-state index is 0.195. The first-order chi connectivity index (χ1) is 8.79. The molecule has 4 nitrogen and oxygen atoms in total. The van der Waals surface area contributed by atoms with E-state index in [9.17, 15) is 9.59 Å². The fourth-order valence-corrected chi connectivity index (χ4v) is 3.76. The van der Waals surface area contributed by atoms with Crippen LogP contribution in [0.2, 0.25) is 0 Å². The molecule has 3 aliphatic rings. The molecule has 3 rings (SSSR count). The molecule has 1 saturated carbocycles. The summed E-state index contributed by atoms with van der Waals surface area (Å²) in [6.45, 7) is 0.988. The smallest absolute Gasteiger partial charge is 0.312 e. The Labute approximate surface area is 106 Å². The highest BCUT2D eigenvalue weighted by molar-refractivity contribution is 5.74. The zero-order valence-electron chi connectivity index (χ0n) is 10.3. The minimum Gasteiger partial charge on any atom is -0.465 e. The zero-order valence-corrected chi connectivity index (χ0v) is 10.3. The summed E-state index contributed by atoms with van der Waals surface area (Å²) in [7, 11) is 0. The lowest BCUT2D eigenvalue weighted by molar-refractivity contribution is -0.165. The van der Waals surface area contributed by atoms with E-state index in [1.165, 1.54) is 0 Å². The lowest BCUT2D eigenvalue weighted by atomic mass is 9.80.